The summed E-state index contributed by atoms with van der Waals surface area (Å²) >= 11 is 0. The third kappa shape index (κ3) is 7.26. The number of carbonyl (C=O) groups is 1. The number of carbonyl (C=O) groups excluding carboxylic acids is 1. The number of rotatable bonds is 11. The van der Waals surface area contributed by atoms with Gasteiger partial charge >= 0.3 is 0 Å². The Hall–Kier alpha value is -2.74. The zero-order valence-electron chi connectivity index (χ0n) is 17.9. The molecule has 0 aliphatic rings. The Balaban J connectivity index is 1.96. The molecule has 0 unspecified atom stereocenters. The lowest BCUT2D eigenvalue weighted by Gasteiger charge is -2.22. The van der Waals surface area contributed by atoms with Gasteiger partial charge in [0.1, 0.15) is 18.0 Å². The zero-order valence-corrected chi connectivity index (χ0v) is 18.7. The molecule has 0 atom stereocenters. The summed E-state index contributed by atoms with van der Waals surface area (Å²) < 4.78 is 36.6. The van der Waals surface area contributed by atoms with Gasteiger partial charge in [-0.25, -0.2) is 8.42 Å². The quantitative estimate of drug-likeness (QED) is 0.550. The van der Waals surface area contributed by atoms with Crippen LogP contribution in [0, 0.1) is 0 Å². The van der Waals surface area contributed by atoms with Gasteiger partial charge in [-0.05, 0) is 50.5 Å². The van der Waals surface area contributed by atoms with E-state index >= 15 is 0 Å². The van der Waals surface area contributed by atoms with Crippen LogP contribution in [0.1, 0.15) is 25.8 Å². The Kier molecular flexibility index (Phi) is 8.53. The van der Waals surface area contributed by atoms with E-state index in [4.69, 9.17) is 9.47 Å². The molecule has 8 heteroatoms. The predicted molar refractivity (Wildman–Crippen MR) is 119 cm³/mol. The third-order valence-corrected chi connectivity index (χ3v) is 5.44. The maximum atomic E-state index is 12.4. The van der Waals surface area contributed by atoms with Crippen molar-refractivity contribution >= 4 is 21.6 Å². The number of benzene rings is 2. The highest BCUT2D eigenvalue weighted by molar-refractivity contribution is 7.92. The molecule has 0 saturated carbocycles. The smallest absolute Gasteiger partial charge is 0.240 e. The summed E-state index contributed by atoms with van der Waals surface area (Å²) in [6.45, 7) is 3.92. The van der Waals surface area contributed by atoms with Gasteiger partial charge in [-0.1, -0.05) is 24.3 Å². The molecule has 0 aromatic heterocycles. The molecule has 7 nitrogen and oxygen atoms in total. The highest BCUT2D eigenvalue weighted by atomic mass is 32.2. The van der Waals surface area contributed by atoms with E-state index in [0.29, 0.717) is 24.4 Å². The molecule has 1 amide bonds. The number of methoxy groups -OCH3 is 1. The first-order valence-corrected chi connectivity index (χ1v) is 11.7. The van der Waals surface area contributed by atoms with Gasteiger partial charge in [0.2, 0.25) is 15.9 Å². The van der Waals surface area contributed by atoms with Crippen LogP contribution < -0.4 is 19.1 Å². The Bertz CT molecular complexity index is 944. The van der Waals surface area contributed by atoms with E-state index in [0.717, 1.165) is 28.3 Å². The van der Waals surface area contributed by atoms with Crippen LogP contribution >= 0.6 is 0 Å². The molecule has 0 radical (unpaired) electrons. The normalized spacial score (nSPS) is 11.2. The van der Waals surface area contributed by atoms with Gasteiger partial charge in [-0.2, -0.15) is 0 Å². The van der Waals surface area contributed by atoms with Gasteiger partial charge in [0, 0.05) is 12.6 Å². The summed E-state index contributed by atoms with van der Waals surface area (Å²) in [5, 5.41) is 2.79. The number of anilines is 1. The largest absolute Gasteiger partial charge is 0.496 e. The summed E-state index contributed by atoms with van der Waals surface area (Å²) in [7, 11) is -2.01. The van der Waals surface area contributed by atoms with Crippen LogP contribution in [0.3, 0.4) is 0 Å². The number of sulfonamides is 1. The number of para-hydroxylation sites is 1. The van der Waals surface area contributed by atoms with Crippen molar-refractivity contribution in [3.8, 4) is 11.5 Å². The molecule has 0 heterocycles. The lowest BCUT2D eigenvalue weighted by molar-refractivity contribution is -0.119. The molecule has 0 saturated heterocycles. The highest BCUT2D eigenvalue weighted by Gasteiger charge is 2.21. The second-order valence-corrected chi connectivity index (χ2v) is 9.11. The Morgan fingerprint density at radius 2 is 1.87 bits per heavy atom. The molecule has 2 aromatic carbocycles. The molecule has 0 bridgehead atoms. The number of amides is 1. The fourth-order valence-corrected chi connectivity index (χ4v) is 3.83. The molecular weight excluding hydrogens is 404 g/mol. The topological polar surface area (TPSA) is 84.9 Å². The number of nitrogens with one attached hydrogen (secondary N) is 1. The van der Waals surface area contributed by atoms with E-state index in [2.05, 4.69) is 5.32 Å². The second-order valence-electron chi connectivity index (χ2n) is 7.20. The lowest BCUT2D eigenvalue weighted by atomic mass is 10.1. The average molecular weight is 435 g/mol. The number of nitrogens with zero attached hydrogens (tertiary/aromatic N) is 1. The van der Waals surface area contributed by atoms with E-state index in [9.17, 15) is 13.2 Å². The fraction of sp³-hybridized carbons (Fsp3) is 0.409. The monoisotopic (exact) mass is 434 g/mol. The molecule has 0 fully saturated rings. The predicted octanol–water partition coefficient (Wildman–Crippen LogP) is 3.00. The van der Waals surface area contributed by atoms with Crippen LogP contribution in [0.4, 0.5) is 5.69 Å². The molecule has 0 aliphatic carbocycles. The second kappa shape index (κ2) is 10.9. The van der Waals surface area contributed by atoms with Gasteiger partial charge in [0.25, 0.3) is 0 Å². The molecule has 2 aromatic rings. The number of aryl methyl sites for hydroxylation is 1. The summed E-state index contributed by atoms with van der Waals surface area (Å²) in [6.07, 6.45) is 2.49. The molecule has 2 rings (SSSR count). The Labute approximate surface area is 179 Å². The molecular formula is C22H30N2O5S. The first-order valence-electron chi connectivity index (χ1n) is 9.83. The first-order chi connectivity index (χ1) is 14.2. The maximum Gasteiger partial charge on any atom is 0.240 e. The minimum Gasteiger partial charge on any atom is -0.496 e. The summed E-state index contributed by atoms with van der Waals surface area (Å²) in [5.41, 5.74) is 1.45. The van der Waals surface area contributed by atoms with Crippen LogP contribution in [0.5, 0.6) is 11.5 Å². The summed E-state index contributed by atoms with van der Waals surface area (Å²) in [5.74, 6) is 1.000. The van der Waals surface area contributed by atoms with E-state index in [-0.39, 0.29) is 18.6 Å². The van der Waals surface area contributed by atoms with Gasteiger partial charge in [-0.3, -0.25) is 9.10 Å². The molecule has 164 valence electrons. The van der Waals surface area contributed by atoms with Crippen molar-refractivity contribution in [2.24, 2.45) is 0 Å². The number of ether oxygens (including phenoxy) is 2. The van der Waals surface area contributed by atoms with E-state index in [1.165, 1.54) is 0 Å². The first kappa shape index (κ1) is 23.5. The van der Waals surface area contributed by atoms with E-state index in [1.807, 2.05) is 38.1 Å². The van der Waals surface area contributed by atoms with Crippen LogP contribution in [0.2, 0.25) is 0 Å². The third-order valence-electron chi connectivity index (χ3n) is 4.30. The standard InChI is InChI=1S/C22H30N2O5S/c1-17(2)29-20-12-7-11-19(15-20)24(30(4,26)27)16-22(25)23-14-8-10-18-9-5-6-13-21(18)28-3/h5-7,9,11-13,15,17H,8,10,14,16H2,1-4H3,(H,23,25). The van der Waals surface area contributed by atoms with Crippen molar-refractivity contribution < 1.29 is 22.7 Å². The van der Waals surface area contributed by atoms with Crippen LogP contribution in [0.15, 0.2) is 48.5 Å². The molecule has 1 N–H and O–H groups in total. The number of hydrogen-bond acceptors (Lipinski definition) is 5. The lowest BCUT2D eigenvalue weighted by Crippen LogP contribution is -2.40. The minimum atomic E-state index is -3.64. The van der Waals surface area contributed by atoms with Crippen molar-refractivity contribution in [2.45, 2.75) is 32.8 Å². The van der Waals surface area contributed by atoms with Crippen LogP contribution in [0.25, 0.3) is 0 Å². The van der Waals surface area contributed by atoms with Gasteiger partial charge in [-0.15, -0.1) is 0 Å². The SMILES string of the molecule is COc1ccccc1CCCNC(=O)CN(c1cccc(OC(C)C)c1)S(C)(=O)=O. The van der Waals surface area contributed by atoms with Gasteiger partial charge in [0.15, 0.2) is 0 Å². The molecule has 30 heavy (non-hydrogen) atoms. The van der Waals surface area contributed by atoms with Crippen LogP contribution in [-0.2, 0) is 21.2 Å². The minimum absolute atomic E-state index is 0.0431. The van der Waals surface area contributed by atoms with Gasteiger partial charge in [0.05, 0.1) is 25.2 Å². The Morgan fingerprint density at radius 1 is 1.13 bits per heavy atom. The van der Waals surface area contributed by atoms with E-state index in [1.54, 1.807) is 31.4 Å². The summed E-state index contributed by atoms with van der Waals surface area (Å²) in [6, 6.07) is 14.5. The molecule has 0 spiro atoms. The Morgan fingerprint density at radius 3 is 2.53 bits per heavy atom. The van der Waals surface area contributed by atoms with Gasteiger partial charge < -0.3 is 14.8 Å². The fourth-order valence-electron chi connectivity index (χ4n) is 2.99. The van der Waals surface area contributed by atoms with Crippen molar-refractivity contribution in [1.29, 1.82) is 0 Å². The summed E-state index contributed by atoms with van der Waals surface area (Å²) in [4.78, 5) is 12.4. The molecule has 0 aliphatic heterocycles. The van der Waals surface area contributed by atoms with Crippen molar-refractivity contribution in [1.82, 2.24) is 5.32 Å². The number of hydrogen-bond donors (Lipinski definition) is 1. The van der Waals surface area contributed by atoms with Crippen molar-refractivity contribution in [2.75, 3.05) is 30.8 Å². The van der Waals surface area contributed by atoms with Crippen molar-refractivity contribution in [3.63, 3.8) is 0 Å². The zero-order chi connectivity index (χ0) is 22.1. The maximum absolute atomic E-state index is 12.4. The van der Waals surface area contributed by atoms with Crippen molar-refractivity contribution in [3.05, 3.63) is 54.1 Å². The highest BCUT2D eigenvalue weighted by Crippen LogP contribution is 2.24. The average Bonchev–Trinajstić information content (AvgIpc) is 2.68. The van der Waals surface area contributed by atoms with E-state index < -0.39 is 10.0 Å². The van der Waals surface area contributed by atoms with Crippen LogP contribution in [-0.4, -0.2) is 46.9 Å².